The number of amides is 1. The Morgan fingerprint density at radius 2 is 2.11 bits per heavy atom. The molecule has 0 bridgehead atoms. The molecule has 0 aromatic heterocycles. The molecule has 0 aliphatic carbocycles. The van der Waals surface area contributed by atoms with Crippen LogP contribution >= 0.6 is 0 Å². The monoisotopic (exact) mass is 268 g/mol. The molecule has 0 saturated heterocycles. The van der Waals surface area contributed by atoms with Crippen LogP contribution in [0.3, 0.4) is 0 Å². The van der Waals surface area contributed by atoms with Crippen molar-refractivity contribution in [1.82, 2.24) is 5.32 Å². The van der Waals surface area contributed by atoms with E-state index >= 15 is 0 Å². The standard InChI is InChI=1S/C13H17FN2O3/c1-4-15-11-7-9(14)5-6-10(11)12(17)16-8(2)13(18)19-3/h5-8,15H,4H2,1-3H3,(H,16,17)/t8-/m1/s1. The lowest BCUT2D eigenvalue weighted by Gasteiger charge is -2.14. The fourth-order valence-electron chi connectivity index (χ4n) is 1.56. The van der Waals surface area contributed by atoms with Crippen LogP contribution in [0.25, 0.3) is 0 Å². The predicted octanol–water partition coefficient (Wildman–Crippen LogP) is 1.55. The molecule has 0 unspecified atom stereocenters. The second-order valence-electron chi connectivity index (χ2n) is 3.94. The molecule has 0 spiro atoms. The lowest BCUT2D eigenvalue weighted by Crippen LogP contribution is -2.39. The molecule has 0 heterocycles. The Bertz CT molecular complexity index is 477. The van der Waals surface area contributed by atoms with Crippen LogP contribution in [0.4, 0.5) is 10.1 Å². The number of esters is 1. The summed E-state index contributed by atoms with van der Waals surface area (Å²) in [7, 11) is 1.24. The molecule has 6 heteroatoms. The van der Waals surface area contributed by atoms with E-state index in [9.17, 15) is 14.0 Å². The predicted molar refractivity (Wildman–Crippen MR) is 69.5 cm³/mol. The molecule has 104 valence electrons. The highest BCUT2D eigenvalue weighted by atomic mass is 19.1. The van der Waals surface area contributed by atoms with E-state index in [4.69, 9.17) is 0 Å². The summed E-state index contributed by atoms with van der Waals surface area (Å²) in [6.07, 6.45) is 0. The molecule has 1 amide bonds. The van der Waals surface area contributed by atoms with E-state index in [1.165, 1.54) is 32.2 Å². The number of halogens is 1. The third-order valence-corrected chi connectivity index (χ3v) is 2.50. The van der Waals surface area contributed by atoms with Gasteiger partial charge in [-0.2, -0.15) is 0 Å². The van der Waals surface area contributed by atoms with Gasteiger partial charge in [-0.3, -0.25) is 4.79 Å². The van der Waals surface area contributed by atoms with Crippen molar-refractivity contribution in [2.24, 2.45) is 0 Å². The molecule has 0 radical (unpaired) electrons. The van der Waals surface area contributed by atoms with Gasteiger partial charge in [0, 0.05) is 12.2 Å². The van der Waals surface area contributed by atoms with Crippen LogP contribution in [0.2, 0.25) is 0 Å². The molecule has 2 N–H and O–H groups in total. The number of rotatable bonds is 5. The first-order valence-corrected chi connectivity index (χ1v) is 5.91. The fourth-order valence-corrected chi connectivity index (χ4v) is 1.56. The summed E-state index contributed by atoms with van der Waals surface area (Å²) < 4.78 is 17.6. The molecule has 5 nitrogen and oxygen atoms in total. The average molecular weight is 268 g/mol. The number of hydrogen-bond donors (Lipinski definition) is 2. The minimum absolute atomic E-state index is 0.277. The molecule has 0 aliphatic heterocycles. The molecular formula is C13H17FN2O3. The Morgan fingerprint density at radius 1 is 1.42 bits per heavy atom. The second kappa shape index (κ2) is 6.72. The summed E-state index contributed by atoms with van der Waals surface area (Å²) in [6.45, 7) is 3.90. The van der Waals surface area contributed by atoms with Gasteiger partial charge < -0.3 is 15.4 Å². The molecule has 1 rings (SSSR count). The lowest BCUT2D eigenvalue weighted by atomic mass is 10.1. The first-order valence-electron chi connectivity index (χ1n) is 5.91. The summed E-state index contributed by atoms with van der Waals surface area (Å²) in [4.78, 5) is 23.2. The summed E-state index contributed by atoms with van der Waals surface area (Å²) in [5, 5.41) is 5.39. The van der Waals surface area contributed by atoms with Crippen LogP contribution in [0.1, 0.15) is 24.2 Å². The third-order valence-electron chi connectivity index (χ3n) is 2.50. The molecule has 19 heavy (non-hydrogen) atoms. The van der Waals surface area contributed by atoms with E-state index in [1.807, 2.05) is 6.92 Å². The maximum absolute atomic E-state index is 13.1. The molecule has 1 atom stereocenters. The van der Waals surface area contributed by atoms with Crippen molar-refractivity contribution in [1.29, 1.82) is 0 Å². The number of carbonyl (C=O) groups is 2. The van der Waals surface area contributed by atoms with Gasteiger partial charge in [0.2, 0.25) is 0 Å². The van der Waals surface area contributed by atoms with Crippen molar-refractivity contribution < 1.29 is 18.7 Å². The van der Waals surface area contributed by atoms with Crippen molar-refractivity contribution in [3.05, 3.63) is 29.6 Å². The first kappa shape index (κ1) is 14.9. The average Bonchev–Trinajstić information content (AvgIpc) is 2.38. The first-order chi connectivity index (χ1) is 8.99. The van der Waals surface area contributed by atoms with Crippen LogP contribution in [-0.4, -0.2) is 31.6 Å². The zero-order valence-electron chi connectivity index (χ0n) is 11.1. The Balaban J connectivity index is 2.90. The summed E-state index contributed by atoms with van der Waals surface area (Å²) in [5.74, 6) is -1.44. The van der Waals surface area contributed by atoms with Crippen LogP contribution in [0.15, 0.2) is 18.2 Å². The fraction of sp³-hybridized carbons (Fsp3) is 0.385. The Labute approximate surface area is 111 Å². The van der Waals surface area contributed by atoms with Gasteiger partial charge in [0.1, 0.15) is 11.9 Å². The zero-order chi connectivity index (χ0) is 14.4. The minimum Gasteiger partial charge on any atom is -0.467 e. The van der Waals surface area contributed by atoms with Crippen molar-refractivity contribution in [3.8, 4) is 0 Å². The van der Waals surface area contributed by atoms with Crippen molar-refractivity contribution in [2.75, 3.05) is 19.0 Å². The molecule has 0 saturated carbocycles. The largest absolute Gasteiger partial charge is 0.467 e. The van der Waals surface area contributed by atoms with Gasteiger partial charge in [0.25, 0.3) is 5.91 Å². The number of benzene rings is 1. The van der Waals surface area contributed by atoms with E-state index in [0.29, 0.717) is 12.2 Å². The molecule has 1 aromatic rings. The quantitative estimate of drug-likeness (QED) is 0.795. The van der Waals surface area contributed by atoms with Crippen molar-refractivity contribution >= 4 is 17.6 Å². The van der Waals surface area contributed by atoms with E-state index < -0.39 is 23.7 Å². The van der Waals surface area contributed by atoms with Crippen LogP contribution in [0.5, 0.6) is 0 Å². The number of anilines is 1. The third kappa shape index (κ3) is 3.94. The molecular weight excluding hydrogens is 251 g/mol. The number of nitrogens with one attached hydrogen (secondary N) is 2. The zero-order valence-corrected chi connectivity index (χ0v) is 11.1. The van der Waals surface area contributed by atoms with Gasteiger partial charge in [-0.15, -0.1) is 0 Å². The van der Waals surface area contributed by atoms with Gasteiger partial charge in [-0.25, -0.2) is 9.18 Å². The van der Waals surface area contributed by atoms with E-state index in [-0.39, 0.29) is 5.56 Å². The van der Waals surface area contributed by atoms with E-state index in [0.717, 1.165) is 0 Å². The molecule has 1 aromatic carbocycles. The van der Waals surface area contributed by atoms with Gasteiger partial charge in [0.05, 0.1) is 12.7 Å². The topological polar surface area (TPSA) is 67.4 Å². The Morgan fingerprint density at radius 3 is 2.68 bits per heavy atom. The Kier molecular flexibility index (Phi) is 5.29. The van der Waals surface area contributed by atoms with Crippen molar-refractivity contribution in [3.63, 3.8) is 0 Å². The normalized spacial score (nSPS) is 11.6. The number of methoxy groups -OCH3 is 1. The smallest absolute Gasteiger partial charge is 0.328 e. The van der Waals surface area contributed by atoms with Gasteiger partial charge in [-0.1, -0.05) is 0 Å². The SMILES string of the molecule is CCNc1cc(F)ccc1C(=O)N[C@H](C)C(=O)OC. The molecule has 0 aliphatic rings. The van der Waals surface area contributed by atoms with Gasteiger partial charge in [0.15, 0.2) is 0 Å². The minimum atomic E-state index is -0.767. The Hall–Kier alpha value is -2.11. The second-order valence-corrected chi connectivity index (χ2v) is 3.94. The van der Waals surface area contributed by atoms with Crippen LogP contribution in [-0.2, 0) is 9.53 Å². The highest BCUT2D eigenvalue weighted by Gasteiger charge is 2.19. The maximum Gasteiger partial charge on any atom is 0.328 e. The lowest BCUT2D eigenvalue weighted by molar-refractivity contribution is -0.142. The number of carbonyl (C=O) groups excluding carboxylic acids is 2. The highest BCUT2D eigenvalue weighted by molar-refractivity contribution is 6.01. The van der Waals surface area contributed by atoms with Gasteiger partial charge in [-0.05, 0) is 32.0 Å². The maximum atomic E-state index is 13.1. The summed E-state index contributed by atoms with van der Waals surface area (Å²) in [5.41, 5.74) is 0.663. The van der Waals surface area contributed by atoms with E-state index in [1.54, 1.807) is 0 Å². The van der Waals surface area contributed by atoms with Gasteiger partial charge >= 0.3 is 5.97 Å². The number of ether oxygens (including phenoxy) is 1. The van der Waals surface area contributed by atoms with Crippen LogP contribution in [0, 0.1) is 5.82 Å². The molecule has 0 fully saturated rings. The summed E-state index contributed by atoms with van der Waals surface area (Å²) in [6, 6.07) is 3.03. The van der Waals surface area contributed by atoms with E-state index in [2.05, 4.69) is 15.4 Å². The van der Waals surface area contributed by atoms with Crippen molar-refractivity contribution in [2.45, 2.75) is 19.9 Å². The summed E-state index contributed by atoms with van der Waals surface area (Å²) >= 11 is 0. The highest BCUT2D eigenvalue weighted by Crippen LogP contribution is 2.17. The number of hydrogen-bond acceptors (Lipinski definition) is 4. The van der Waals surface area contributed by atoms with Crippen LogP contribution < -0.4 is 10.6 Å².